The van der Waals surface area contributed by atoms with E-state index in [1.807, 2.05) is 24.3 Å². The molecule has 4 aliphatic heterocycles. The molecule has 3 N–H and O–H groups in total. The molecule has 10 nitrogen and oxygen atoms in total. The first kappa shape index (κ1) is 27.9. The van der Waals surface area contributed by atoms with E-state index in [4.69, 9.17) is 5.73 Å². The van der Waals surface area contributed by atoms with E-state index in [0.29, 0.717) is 16.8 Å². The second kappa shape index (κ2) is 11.3. The molecule has 2 amide bonds. The molecule has 2 aromatic carbocycles. The number of amides is 2. The van der Waals surface area contributed by atoms with Crippen molar-refractivity contribution in [1.29, 1.82) is 0 Å². The Morgan fingerprint density at radius 2 is 1.44 bits per heavy atom. The number of rotatable bonds is 4. The van der Waals surface area contributed by atoms with Crippen molar-refractivity contribution < 1.29 is 9.59 Å². The normalized spacial score (nSPS) is 23.6. The SMILES string of the molecule is Nc1ccc(N2CCC(N3CCC4(CCN(c5ccc6c(=O)n(C7CCC(=O)NC7=O)ncc6c5)CC4)CC3)CC2)cc1. The van der Waals surface area contributed by atoms with Crippen molar-refractivity contribution in [2.45, 2.75) is 63.5 Å². The van der Waals surface area contributed by atoms with Gasteiger partial charge in [-0.3, -0.25) is 19.7 Å². The first-order chi connectivity index (χ1) is 20.9. The molecule has 0 bridgehead atoms. The summed E-state index contributed by atoms with van der Waals surface area (Å²) in [6, 6.07) is 14.1. The van der Waals surface area contributed by atoms with Crippen LogP contribution in [-0.4, -0.2) is 71.8 Å². The minimum absolute atomic E-state index is 0.209. The summed E-state index contributed by atoms with van der Waals surface area (Å²) in [4.78, 5) is 44.7. The predicted molar refractivity (Wildman–Crippen MR) is 168 cm³/mol. The van der Waals surface area contributed by atoms with Crippen LogP contribution < -0.4 is 26.4 Å². The van der Waals surface area contributed by atoms with E-state index in [-0.39, 0.29) is 24.3 Å². The molecule has 10 heteroatoms. The van der Waals surface area contributed by atoms with Crippen LogP contribution in [0.1, 0.15) is 57.4 Å². The van der Waals surface area contributed by atoms with Crippen LogP contribution in [0.4, 0.5) is 17.1 Å². The maximum atomic E-state index is 13.2. The van der Waals surface area contributed by atoms with Gasteiger partial charge in [-0.25, -0.2) is 4.68 Å². The molecule has 4 aliphatic rings. The van der Waals surface area contributed by atoms with Gasteiger partial charge < -0.3 is 20.4 Å². The van der Waals surface area contributed by atoms with Gasteiger partial charge in [-0.15, -0.1) is 0 Å². The Kier molecular flexibility index (Phi) is 7.33. The number of carbonyl (C=O) groups is 2. The highest BCUT2D eigenvalue weighted by Gasteiger charge is 2.39. The average Bonchev–Trinajstić information content (AvgIpc) is 3.03. The van der Waals surface area contributed by atoms with Gasteiger partial charge in [-0.1, -0.05) is 0 Å². The molecule has 0 aliphatic carbocycles. The van der Waals surface area contributed by atoms with Crippen LogP contribution in [0, 0.1) is 5.41 Å². The molecular weight excluding hydrogens is 542 g/mol. The summed E-state index contributed by atoms with van der Waals surface area (Å²) < 4.78 is 1.23. The zero-order valence-corrected chi connectivity index (χ0v) is 24.7. The first-order valence-corrected chi connectivity index (χ1v) is 15.8. The van der Waals surface area contributed by atoms with Gasteiger partial charge in [0.05, 0.1) is 11.6 Å². The van der Waals surface area contributed by atoms with Gasteiger partial charge in [0.25, 0.3) is 11.5 Å². The van der Waals surface area contributed by atoms with Crippen LogP contribution in [0.15, 0.2) is 53.5 Å². The lowest BCUT2D eigenvalue weighted by molar-refractivity contribution is -0.136. The van der Waals surface area contributed by atoms with Crippen LogP contribution in [0.3, 0.4) is 0 Å². The molecule has 5 heterocycles. The molecule has 1 atom stereocenters. The number of likely N-dealkylation sites (tertiary alicyclic amines) is 1. The number of fused-ring (bicyclic) bond motifs is 1. The van der Waals surface area contributed by atoms with Gasteiger partial charge >= 0.3 is 0 Å². The molecule has 1 aromatic heterocycles. The van der Waals surface area contributed by atoms with Crippen molar-refractivity contribution >= 4 is 39.6 Å². The Balaban J connectivity index is 0.935. The third kappa shape index (κ3) is 5.48. The van der Waals surface area contributed by atoms with Gasteiger partial charge in [-0.2, -0.15) is 5.10 Å². The lowest BCUT2D eigenvalue weighted by Crippen LogP contribution is -2.52. The van der Waals surface area contributed by atoms with Crippen LogP contribution in [-0.2, 0) is 9.59 Å². The summed E-state index contributed by atoms with van der Waals surface area (Å²) in [5, 5.41) is 7.97. The predicted octanol–water partition coefficient (Wildman–Crippen LogP) is 3.31. The number of nitrogens with zero attached hydrogens (tertiary/aromatic N) is 5. The number of nitrogen functional groups attached to an aromatic ring is 1. The first-order valence-electron chi connectivity index (χ1n) is 15.8. The van der Waals surface area contributed by atoms with E-state index in [1.54, 1.807) is 6.20 Å². The van der Waals surface area contributed by atoms with Crippen molar-refractivity contribution in [2.24, 2.45) is 5.41 Å². The van der Waals surface area contributed by atoms with E-state index in [0.717, 1.165) is 42.9 Å². The lowest BCUT2D eigenvalue weighted by atomic mass is 9.71. The third-order valence-electron chi connectivity index (χ3n) is 10.6. The number of imide groups is 1. The van der Waals surface area contributed by atoms with Gasteiger partial charge in [0, 0.05) is 61.1 Å². The Morgan fingerprint density at radius 3 is 2.14 bits per heavy atom. The molecular formula is C33H41N7O3. The maximum Gasteiger partial charge on any atom is 0.275 e. The molecule has 0 radical (unpaired) electrons. The van der Waals surface area contributed by atoms with Gasteiger partial charge in [-0.05, 0) is 106 Å². The Morgan fingerprint density at radius 1 is 0.791 bits per heavy atom. The van der Waals surface area contributed by atoms with E-state index in [1.165, 1.54) is 62.0 Å². The monoisotopic (exact) mass is 583 g/mol. The summed E-state index contributed by atoms with van der Waals surface area (Å²) in [7, 11) is 0. The second-order valence-corrected chi connectivity index (χ2v) is 13.0. The Bertz CT molecular complexity index is 1560. The number of aromatic nitrogens is 2. The fourth-order valence-electron chi connectivity index (χ4n) is 7.76. The molecule has 43 heavy (non-hydrogen) atoms. The van der Waals surface area contributed by atoms with Crippen molar-refractivity contribution in [3.8, 4) is 0 Å². The molecule has 7 rings (SSSR count). The topological polar surface area (TPSA) is 117 Å². The lowest BCUT2D eigenvalue weighted by Gasteiger charge is -2.50. The van der Waals surface area contributed by atoms with Crippen molar-refractivity contribution in [2.75, 3.05) is 54.8 Å². The van der Waals surface area contributed by atoms with Gasteiger partial charge in [0.15, 0.2) is 0 Å². The van der Waals surface area contributed by atoms with Gasteiger partial charge in [0.2, 0.25) is 5.91 Å². The quantitative estimate of drug-likeness (QED) is 0.355. The number of benzene rings is 2. The van der Waals surface area contributed by atoms with Crippen molar-refractivity contribution in [3.05, 3.63) is 59.0 Å². The summed E-state index contributed by atoms with van der Waals surface area (Å²) in [5.41, 5.74) is 9.23. The number of hydrogen-bond acceptors (Lipinski definition) is 8. The summed E-state index contributed by atoms with van der Waals surface area (Å²) >= 11 is 0. The smallest absolute Gasteiger partial charge is 0.275 e. The van der Waals surface area contributed by atoms with E-state index < -0.39 is 11.9 Å². The van der Waals surface area contributed by atoms with Crippen LogP contribution in [0.2, 0.25) is 0 Å². The largest absolute Gasteiger partial charge is 0.399 e. The zero-order chi connectivity index (χ0) is 29.6. The molecule has 1 unspecified atom stereocenters. The number of nitrogens with one attached hydrogen (secondary N) is 1. The number of carbonyl (C=O) groups excluding carboxylic acids is 2. The molecule has 226 valence electrons. The minimum atomic E-state index is -0.749. The number of piperidine rings is 4. The van der Waals surface area contributed by atoms with Crippen molar-refractivity contribution in [3.63, 3.8) is 0 Å². The second-order valence-electron chi connectivity index (χ2n) is 13.0. The molecule has 4 fully saturated rings. The highest BCUT2D eigenvalue weighted by molar-refractivity contribution is 5.99. The summed E-state index contributed by atoms with van der Waals surface area (Å²) in [6.07, 6.45) is 9.57. The molecule has 1 spiro atoms. The standard InChI is InChI=1S/C33H41N7O3/c34-24-1-3-25(4-2-24)37-15-9-26(10-16-37)38-17-11-33(12-18-38)13-19-39(20-14-33)27-5-6-28-23(21-27)22-35-40(32(28)43)29-7-8-30(41)36-31(29)42/h1-6,21-22,26,29H,7-20,34H2,(H,36,41,42). The van der Waals surface area contributed by atoms with E-state index >= 15 is 0 Å². The molecule has 0 saturated carbocycles. The van der Waals surface area contributed by atoms with Crippen LogP contribution in [0.25, 0.3) is 10.8 Å². The summed E-state index contributed by atoms with van der Waals surface area (Å²) in [5.74, 6) is -0.769. The fourth-order valence-corrected chi connectivity index (χ4v) is 7.76. The number of nitrogens with two attached hydrogens (primary N) is 1. The van der Waals surface area contributed by atoms with Crippen molar-refractivity contribution in [1.82, 2.24) is 20.0 Å². The summed E-state index contributed by atoms with van der Waals surface area (Å²) in [6.45, 7) is 6.66. The van der Waals surface area contributed by atoms with E-state index in [2.05, 4.69) is 43.3 Å². The van der Waals surface area contributed by atoms with Gasteiger partial charge in [0.1, 0.15) is 6.04 Å². The molecule has 3 aromatic rings. The van der Waals surface area contributed by atoms with Crippen LogP contribution >= 0.6 is 0 Å². The molecule has 4 saturated heterocycles. The fraction of sp³-hybridized carbons (Fsp3) is 0.515. The number of hydrogen-bond donors (Lipinski definition) is 2. The third-order valence-corrected chi connectivity index (χ3v) is 10.6. The highest BCUT2D eigenvalue weighted by atomic mass is 16.2. The van der Waals surface area contributed by atoms with E-state index in [9.17, 15) is 14.4 Å². The van der Waals surface area contributed by atoms with Crippen LogP contribution in [0.5, 0.6) is 0 Å². The number of anilines is 3. The Hall–Kier alpha value is -3.92. The highest BCUT2D eigenvalue weighted by Crippen LogP contribution is 2.43. The average molecular weight is 584 g/mol. The maximum absolute atomic E-state index is 13.2. The zero-order valence-electron chi connectivity index (χ0n) is 24.7. The minimum Gasteiger partial charge on any atom is -0.399 e. The Labute approximate surface area is 251 Å².